The van der Waals surface area contributed by atoms with Crippen LogP contribution in [0.4, 0.5) is 4.39 Å². The fraction of sp³-hybridized carbons (Fsp3) is 0.0667. The van der Waals surface area contributed by atoms with E-state index >= 15 is 0 Å². The maximum Gasteiger partial charge on any atom is 0.272 e. The standard InChI is InChI=1S/C15H11FN2O4/c16-11-4-2-1-3-10(11)15(20)18-17-14(19)9-5-6-12-13(7-9)22-8-21-12/h1-7H,8H2,(H,17,19)(H,18,20). The first kappa shape index (κ1) is 13.9. The topological polar surface area (TPSA) is 76.7 Å². The van der Waals surface area contributed by atoms with Crippen LogP contribution in [0.1, 0.15) is 20.7 Å². The molecule has 1 aliphatic heterocycles. The highest BCUT2D eigenvalue weighted by atomic mass is 19.1. The van der Waals surface area contributed by atoms with Crippen LogP contribution in [-0.2, 0) is 0 Å². The minimum atomic E-state index is -0.743. The molecule has 7 heteroatoms. The number of hydrogen-bond donors (Lipinski definition) is 2. The number of hydrazine groups is 1. The molecule has 0 atom stereocenters. The Bertz CT molecular complexity index is 748. The summed E-state index contributed by atoms with van der Waals surface area (Å²) in [6.07, 6.45) is 0. The Balaban J connectivity index is 1.65. The van der Waals surface area contributed by atoms with E-state index < -0.39 is 17.6 Å². The summed E-state index contributed by atoms with van der Waals surface area (Å²) in [4.78, 5) is 23.7. The van der Waals surface area contributed by atoms with E-state index in [-0.39, 0.29) is 17.9 Å². The molecule has 1 heterocycles. The molecular weight excluding hydrogens is 291 g/mol. The van der Waals surface area contributed by atoms with E-state index in [0.717, 1.165) is 6.07 Å². The van der Waals surface area contributed by atoms with Gasteiger partial charge in [0, 0.05) is 5.56 Å². The molecule has 1 aliphatic rings. The van der Waals surface area contributed by atoms with E-state index in [1.165, 1.54) is 30.3 Å². The normalized spacial score (nSPS) is 11.9. The van der Waals surface area contributed by atoms with E-state index in [1.54, 1.807) is 6.07 Å². The first-order chi connectivity index (χ1) is 10.6. The van der Waals surface area contributed by atoms with Crippen LogP contribution in [0.15, 0.2) is 42.5 Å². The molecule has 0 aromatic heterocycles. The highest BCUT2D eigenvalue weighted by Gasteiger charge is 2.17. The summed E-state index contributed by atoms with van der Waals surface area (Å²) in [5, 5.41) is 0. The first-order valence-electron chi connectivity index (χ1n) is 6.40. The molecule has 22 heavy (non-hydrogen) atoms. The summed E-state index contributed by atoms with van der Waals surface area (Å²) in [5.41, 5.74) is 4.49. The Morgan fingerprint density at radius 3 is 2.50 bits per heavy atom. The van der Waals surface area contributed by atoms with E-state index in [1.807, 2.05) is 0 Å². The highest BCUT2D eigenvalue weighted by Crippen LogP contribution is 2.32. The zero-order valence-corrected chi connectivity index (χ0v) is 11.3. The average molecular weight is 302 g/mol. The van der Waals surface area contributed by atoms with Gasteiger partial charge in [-0.25, -0.2) is 4.39 Å². The van der Waals surface area contributed by atoms with Crippen LogP contribution in [0.25, 0.3) is 0 Å². The van der Waals surface area contributed by atoms with Gasteiger partial charge >= 0.3 is 0 Å². The Labute approximate surface area is 124 Å². The monoisotopic (exact) mass is 302 g/mol. The van der Waals surface area contributed by atoms with Gasteiger partial charge in [-0.2, -0.15) is 0 Å². The van der Waals surface area contributed by atoms with Gasteiger partial charge in [0.05, 0.1) is 5.56 Å². The van der Waals surface area contributed by atoms with Crippen molar-refractivity contribution in [2.45, 2.75) is 0 Å². The van der Waals surface area contributed by atoms with Crippen LogP contribution < -0.4 is 20.3 Å². The van der Waals surface area contributed by atoms with Crippen LogP contribution in [-0.4, -0.2) is 18.6 Å². The molecule has 2 aromatic rings. The number of ether oxygens (including phenoxy) is 2. The van der Waals surface area contributed by atoms with Crippen LogP contribution >= 0.6 is 0 Å². The SMILES string of the molecule is O=C(NNC(=O)c1ccccc1F)c1ccc2c(c1)OCO2. The van der Waals surface area contributed by atoms with Crippen molar-refractivity contribution in [2.75, 3.05) is 6.79 Å². The molecular formula is C15H11FN2O4. The number of hydrogen-bond acceptors (Lipinski definition) is 4. The first-order valence-corrected chi connectivity index (χ1v) is 6.40. The molecule has 2 amide bonds. The van der Waals surface area contributed by atoms with Gasteiger partial charge in [0.2, 0.25) is 6.79 Å². The average Bonchev–Trinajstić information content (AvgIpc) is 3.00. The molecule has 0 saturated carbocycles. The molecule has 0 spiro atoms. The Morgan fingerprint density at radius 1 is 0.955 bits per heavy atom. The van der Waals surface area contributed by atoms with Gasteiger partial charge in [0.1, 0.15) is 5.82 Å². The molecule has 0 fully saturated rings. The molecule has 0 unspecified atom stereocenters. The van der Waals surface area contributed by atoms with Crippen LogP contribution in [0.3, 0.4) is 0 Å². The zero-order valence-electron chi connectivity index (χ0n) is 11.3. The van der Waals surface area contributed by atoms with Gasteiger partial charge in [0.25, 0.3) is 11.8 Å². The molecule has 3 rings (SSSR count). The second kappa shape index (κ2) is 5.72. The maximum absolute atomic E-state index is 13.4. The zero-order chi connectivity index (χ0) is 15.5. The second-order valence-corrected chi connectivity index (χ2v) is 4.46. The number of rotatable bonds is 2. The molecule has 0 bridgehead atoms. The summed E-state index contributed by atoms with van der Waals surface area (Å²) >= 11 is 0. The van der Waals surface area contributed by atoms with Crippen molar-refractivity contribution in [3.63, 3.8) is 0 Å². The van der Waals surface area contributed by atoms with Crippen molar-refractivity contribution < 1.29 is 23.5 Å². The summed E-state index contributed by atoms with van der Waals surface area (Å²) in [5.74, 6) is -0.965. The minimum absolute atomic E-state index is 0.102. The van der Waals surface area contributed by atoms with Crippen LogP contribution in [0.5, 0.6) is 11.5 Å². The molecule has 112 valence electrons. The lowest BCUT2D eigenvalue weighted by molar-refractivity contribution is 0.0844. The van der Waals surface area contributed by atoms with Gasteiger partial charge in [-0.3, -0.25) is 20.4 Å². The Morgan fingerprint density at radius 2 is 1.68 bits per heavy atom. The lowest BCUT2D eigenvalue weighted by Gasteiger charge is -2.08. The van der Waals surface area contributed by atoms with Crippen molar-refractivity contribution >= 4 is 11.8 Å². The molecule has 0 radical (unpaired) electrons. The van der Waals surface area contributed by atoms with E-state index in [9.17, 15) is 14.0 Å². The fourth-order valence-electron chi connectivity index (χ4n) is 1.94. The predicted octanol–water partition coefficient (Wildman–Crippen LogP) is 1.63. The smallest absolute Gasteiger partial charge is 0.272 e. The van der Waals surface area contributed by atoms with Crippen LogP contribution in [0, 0.1) is 5.82 Å². The number of halogens is 1. The third-order valence-electron chi connectivity index (χ3n) is 3.04. The Kier molecular flexibility index (Phi) is 3.61. The molecule has 6 nitrogen and oxygen atoms in total. The highest BCUT2D eigenvalue weighted by molar-refractivity contribution is 5.99. The predicted molar refractivity (Wildman–Crippen MR) is 73.9 cm³/mol. The van der Waals surface area contributed by atoms with Gasteiger partial charge < -0.3 is 9.47 Å². The summed E-state index contributed by atoms with van der Waals surface area (Å²) in [6.45, 7) is 0.102. The molecule has 0 saturated heterocycles. The Hall–Kier alpha value is -3.09. The summed E-state index contributed by atoms with van der Waals surface area (Å²) < 4.78 is 23.7. The van der Waals surface area contributed by atoms with Crippen molar-refractivity contribution in [3.05, 3.63) is 59.4 Å². The molecule has 0 aliphatic carbocycles. The van der Waals surface area contributed by atoms with Gasteiger partial charge in [-0.15, -0.1) is 0 Å². The number of carbonyl (C=O) groups excluding carboxylic acids is 2. The number of amides is 2. The lowest BCUT2D eigenvalue weighted by Crippen LogP contribution is -2.41. The van der Waals surface area contributed by atoms with E-state index in [2.05, 4.69) is 10.9 Å². The minimum Gasteiger partial charge on any atom is -0.454 e. The maximum atomic E-state index is 13.4. The number of nitrogens with one attached hydrogen (secondary N) is 2. The van der Waals surface area contributed by atoms with Crippen molar-refractivity contribution in [2.24, 2.45) is 0 Å². The summed E-state index contributed by atoms with van der Waals surface area (Å²) in [6, 6.07) is 10.1. The third kappa shape index (κ3) is 2.69. The van der Waals surface area contributed by atoms with E-state index in [4.69, 9.17) is 9.47 Å². The van der Waals surface area contributed by atoms with Gasteiger partial charge in [0.15, 0.2) is 11.5 Å². The van der Waals surface area contributed by atoms with Crippen molar-refractivity contribution in [1.82, 2.24) is 10.9 Å². The second-order valence-electron chi connectivity index (χ2n) is 4.46. The fourth-order valence-corrected chi connectivity index (χ4v) is 1.94. The van der Waals surface area contributed by atoms with Crippen LogP contribution in [0.2, 0.25) is 0 Å². The summed E-state index contributed by atoms with van der Waals surface area (Å²) in [7, 11) is 0. The molecule has 2 aromatic carbocycles. The third-order valence-corrected chi connectivity index (χ3v) is 3.04. The number of carbonyl (C=O) groups is 2. The quantitative estimate of drug-likeness (QED) is 0.827. The lowest BCUT2D eigenvalue weighted by atomic mass is 10.2. The number of benzene rings is 2. The largest absolute Gasteiger partial charge is 0.454 e. The number of fused-ring (bicyclic) bond motifs is 1. The molecule has 2 N–H and O–H groups in total. The van der Waals surface area contributed by atoms with Crippen molar-refractivity contribution in [3.8, 4) is 11.5 Å². The van der Waals surface area contributed by atoms with Gasteiger partial charge in [-0.1, -0.05) is 12.1 Å². The van der Waals surface area contributed by atoms with Crippen molar-refractivity contribution in [1.29, 1.82) is 0 Å². The van der Waals surface area contributed by atoms with Gasteiger partial charge in [-0.05, 0) is 30.3 Å². The van der Waals surface area contributed by atoms with E-state index in [0.29, 0.717) is 11.5 Å².